The number of nitrogens with zero attached hydrogens (tertiary/aromatic N) is 4. The van der Waals surface area contributed by atoms with Gasteiger partial charge < -0.3 is 9.80 Å². The molecular formula is C25H26F2N4O. The first-order valence-electron chi connectivity index (χ1n) is 10.8. The van der Waals surface area contributed by atoms with E-state index in [4.69, 9.17) is 4.98 Å². The molecule has 166 valence electrons. The molecular weight excluding hydrogens is 410 g/mol. The third-order valence-corrected chi connectivity index (χ3v) is 5.73. The Morgan fingerprint density at radius 1 is 0.969 bits per heavy atom. The Kier molecular flexibility index (Phi) is 6.44. The van der Waals surface area contributed by atoms with Gasteiger partial charge in [-0.05, 0) is 49.2 Å². The highest BCUT2D eigenvalue weighted by molar-refractivity contribution is 5.94. The molecule has 0 bridgehead atoms. The molecule has 0 N–H and O–H groups in total. The second-order valence-corrected chi connectivity index (χ2v) is 7.97. The summed E-state index contributed by atoms with van der Waals surface area (Å²) in [7, 11) is 0. The molecule has 0 spiro atoms. The quantitative estimate of drug-likeness (QED) is 0.602. The zero-order valence-electron chi connectivity index (χ0n) is 18.3. The SMILES string of the molecule is CCc1nc(C)nc(N2CCN(C(=O)c3cccc(F)c3)CC2)c1Cc1cccc(F)c1. The zero-order valence-corrected chi connectivity index (χ0v) is 18.3. The highest BCUT2D eigenvalue weighted by Crippen LogP contribution is 2.26. The lowest BCUT2D eigenvalue weighted by Gasteiger charge is -2.36. The van der Waals surface area contributed by atoms with Crippen molar-refractivity contribution in [3.63, 3.8) is 0 Å². The van der Waals surface area contributed by atoms with Crippen molar-refractivity contribution in [2.24, 2.45) is 0 Å². The van der Waals surface area contributed by atoms with Crippen molar-refractivity contribution in [3.8, 4) is 0 Å². The highest BCUT2D eigenvalue weighted by Gasteiger charge is 2.26. The number of aryl methyl sites for hydroxylation is 2. The van der Waals surface area contributed by atoms with Crippen LogP contribution in [0.15, 0.2) is 48.5 Å². The lowest BCUT2D eigenvalue weighted by atomic mass is 10.0. The molecule has 3 aromatic rings. The normalized spacial score (nSPS) is 14.0. The fraction of sp³-hybridized carbons (Fsp3) is 0.320. The van der Waals surface area contributed by atoms with Gasteiger partial charge in [-0.1, -0.05) is 25.1 Å². The molecule has 5 nitrogen and oxygen atoms in total. The van der Waals surface area contributed by atoms with E-state index in [0.29, 0.717) is 44.0 Å². The minimum absolute atomic E-state index is 0.169. The number of carbonyl (C=O) groups excluding carboxylic acids is 1. The highest BCUT2D eigenvalue weighted by atomic mass is 19.1. The molecule has 2 heterocycles. The van der Waals surface area contributed by atoms with E-state index < -0.39 is 5.82 Å². The largest absolute Gasteiger partial charge is 0.353 e. The number of anilines is 1. The minimum Gasteiger partial charge on any atom is -0.353 e. The molecule has 7 heteroatoms. The Balaban J connectivity index is 1.56. The van der Waals surface area contributed by atoms with Crippen LogP contribution in [0.4, 0.5) is 14.6 Å². The van der Waals surface area contributed by atoms with Gasteiger partial charge >= 0.3 is 0 Å². The summed E-state index contributed by atoms with van der Waals surface area (Å²) in [5.74, 6) is 0.687. The molecule has 2 aromatic carbocycles. The van der Waals surface area contributed by atoms with Crippen molar-refractivity contribution >= 4 is 11.7 Å². The maximum atomic E-state index is 13.8. The van der Waals surface area contributed by atoms with Crippen LogP contribution in [0.5, 0.6) is 0 Å². The van der Waals surface area contributed by atoms with Gasteiger partial charge in [0, 0.05) is 49.4 Å². The molecule has 1 fully saturated rings. The summed E-state index contributed by atoms with van der Waals surface area (Å²) in [5.41, 5.74) is 3.17. The monoisotopic (exact) mass is 436 g/mol. The topological polar surface area (TPSA) is 49.3 Å². The van der Waals surface area contributed by atoms with Crippen LogP contribution in [0.2, 0.25) is 0 Å². The summed E-state index contributed by atoms with van der Waals surface area (Å²) in [6, 6.07) is 12.4. The molecule has 32 heavy (non-hydrogen) atoms. The van der Waals surface area contributed by atoms with E-state index >= 15 is 0 Å². The van der Waals surface area contributed by atoms with Crippen LogP contribution in [-0.2, 0) is 12.8 Å². The van der Waals surface area contributed by atoms with Crippen molar-refractivity contribution in [3.05, 3.63) is 88.4 Å². The predicted octanol–water partition coefficient (Wildman–Crippen LogP) is 4.18. The number of hydrogen-bond acceptors (Lipinski definition) is 4. The standard InChI is InChI=1S/C25H26F2N4O/c1-3-23-22(15-18-6-4-8-20(26)14-18)24(29-17(2)28-23)30-10-12-31(13-11-30)25(32)19-7-5-9-21(27)16-19/h4-9,14,16H,3,10-13,15H2,1-2H3. The fourth-order valence-electron chi connectivity index (χ4n) is 4.15. The molecule has 1 amide bonds. The van der Waals surface area contributed by atoms with Gasteiger partial charge in [-0.15, -0.1) is 0 Å². The van der Waals surface area contributed by atoms with Gasteiger partial charge in [0.25, 0.3) is 5.91 Å². The van der Waals surface area contributed by atoms with Crippen molar-refractivity contribution in [2.45, 2.75) is 26.7 Å². The lowest BCUT2D eigenvalue weighted by Crippen LogP contribution is -2.49. The Hall–Kier alpha value is -3.35. The average molecular weight is 437 g/mol. The maximum absolute atomic E-state index is 13.8. The van der Waals surface area contributed by atoms with Crippen LogP contribution in [0, 0.1) is 18.6 Å². The summed E-state index contributed by atoms with van der Waals surface area (Å²) >= 11 is 0. The van der Waals surface area contributed by atoms with Gasteiger partial charge in [0.1, 0.15) is 23.3 Å². The number of aromatic nitrogens is 2. The number of piperazine rings is 1. The molecule has 1 aromatic heterocycles. The number of amides is 1. The number of carbonyl (C=O) groups is 1. The van der Waals surface area contributed by atoms with E-state index in [1.54, 1.807) is 29.2 Å². The zero-order chi connectivity index (χ0) is 22.7. The molecule has 4 rings (SSSR count). The first-order chi connectivity index (χ1) is 15.4. The lowest BCUT2D eigenvalue weighted by molar-refractivity contribution is 0.0746. The summed E-state index contributed by atoms with van der Waals surface area (Å²) in [6.07, 6.45) is 1.29. The Morgan fingerprint density at radius 2 is 1.66 bits per heavy atom. The molecule has 1 saturated heterocycles. The predicted molar refractivity (Wildman–Crippen MR) is 120 cm³/mol. The smallest absolute Gasteiger partial charge is 0.254 e. The van der Waals surface area contributed by atoms with Crippen LogP contribution < -0.4 is 4.90 Å². The van der Waals surface area contributed by atoms with E-state index in [1.807, 2.05) is 13.0 Å². The van der Waals surface area contributed by atoms with Gasteiger partial charge in [-0.3, -0.25) is 4.79 Å². The molecule has 0 unspecified atom stereocenters. The second kappa shape index (κ2) is 9.42. The third-order valence-electron chi connectivity index (χ3n) is 5.73. The Labute approximate surface area is 186 Å². The first kappa shape index (κ1) is 21.9. The fourth-order valence-corrected chi connectivity index (χ4v) is 4.15. The minimum atomic E-state index is -0.417. The average Bonchev–Trinajstić information content (AvgIpc) is 2.79. The van der Waals surface area contributed by atoms with Crippen LogP contribution in [0.25, 0.3) is 0 Å². The molecule has 0 atom stereocenters. The Bertz CT molecular complexity index is 1130. The van der Waals surface area contributed by atoms with E-state index in [2.05, 4.69) is 16.8 Å². The third kappa shape index (κ3) is 4.77. The van der Waals surface area contributed by atoms with Crippen molar-refractivity contribution in [1.82, 2.24) is 14.9 Å². The van der Waals surface area contributed by atoms with Crippen molar-refractivity contribution in [2.75, 3.05) is 31.1 Å². The molecule has 1 aliphatic rings. The summed E-state index contributed by atoms with van der Waals surface area (Å²) < 4.78 is 27.3. The van der Waals surface area contributed by atoms with Gasteiger partial charge in [-0.2, -0.15) is 0 Å². The maximum Gasteiger partial charge on any atom is 0.254 e. The first-order valence-corrected chi connectivity index (χ1v) is 10.8. The summed E-state index contributed by atoms with van der Waals surface area (Å²) in [4.78, 5) is 26.0. The number of rotatable bonds is 5. The molecule has 0 saturated carbocycles. The van der Waals surface area contributed by atoms with Gasteiger partial charge in [0.15, 0.2) is 0 Å². The van der Waals surface area contributed by atoms with Crippen LogP contribution in [0.3, 0.4) is 0 Å². The number of hydrogen-bond donors (Lipinski definition) is 0. The summed E-state index contributed by atoms with van der Waals surface area (Å²) in [6.45, 7) is 6.17. The van der Waals surface area contributed by atoms with E-state index in [-0.39, 0.29) is 11.7 Å². The van der Waals surface area contributed by atoms with Crippen LogP contribution in [0.1, 0.15) is 39.9 Å². The van der Waals surface area contributed by atoms with Crippen LogP contribution >= 0.6 is 0 Å². The Morgan fingerprint density at radius 3 is 2.31 bits per heavy atom. The summed E-state index contributed by atoms with van der Waals surface area (Å²) in [5, 5.41) is 0. The van der Waals surface area contributed by atoms with Crippen molar-refractivity contribution in [1.29, 1.82) is 0 Å². The number of halogens is 2. The van der Waals surface area contributed by atoms with Gasteiger partial charge in [0.05, 0.1) is 0 Å². The van der Waals surface area contributed by atoms with E-state index in [0.717, 1.165) is 29.1 Å². The molecule has 0 radical (unpaired) electrons. The van der Waals surface area contributed by atoms with Gasteiger partial charge in [-0.25, -0.2) is 18.7 Å². The van der Waals surface area contributed by atoms with E-state index in [1.165, 1.54) is 18.2 Å². The molecule has 0 aliphatic carbocycles. The number of benzene rings is 2. The van der Waals surface area contributed by atoms with Crippen molar-refractivity contribution < 1.29 is 13.6 Å². The molecule has 1 aliphatic heterocycles. The van der Waals surface area contributed by atoms with E-state index in [9.17, 15) is 13.6 Å². The van der Waals surface area contributed by atoms with Crippen LogP contribution in [-0.4, -0.2) is 47.0 Å². The second-order valence-electron chi connectivity index (χ2n) is 7.97. The van der Waals surface area contributed by atoms with Gasteiger partial charge in [0.2, 0.25) is 0 Å².